The number of rotatable bonds is 4. The van der Waals surface area contributed by atoms with E-state index in [0.717, 1.165) is 11.3 Å². The van der Waals surface area contributed by atoms with Crippen LogP contribution in [0.25, 0.3) is 0 Å². The third-order valence-electron chi connectivity index (χ3n) is 2.69. The molecular weight excluding hydrogens is 216 g/mol. The van der Waals surface area contributed by atoms with Crippen LogP contribution in [0.15, 0.2) is 42.6 Å². The third-order valence-corrected chi connectivity index (χ3v) is 2.69. The van der Waals surface area contributed by atoms with Gasteiger partial charge in [-0.25, -0.2) is 4.79 Å². The lowest BCUT2D eigenvalue weighted by Crippen LogP contribution is -2.18. The summed E-state index contributed by atoms with van der Waals surface area (Å²) in [6, 6.07) is 10.8. The highest BCUT2D eigenvalue weighted by Gasteiger charge is 2.14. The van der Waals surface area contributed by atoms with Crippen LogP contribution < -0.4 is 5.32 Å². The summed E-state index contributed by atoms with van der Waals surface area (Å²) in [6.45, 7) is 0. The summed E-state index contributed by atoms with van der Waals surface area (Å²) < 4.78 is 0. The molecule has 0 aliphatic carbocycles. The van der Waals surface area contributed by atoms with Gasteiger partial charge < -0.3 is 15.4 Å². The SMILES string of the molecule is CNC(c1cccc(C(=O)O)c1)c1ccc[nH]1. The van der Waals surface area contributed by atoms with Gasteiger partial charge in [0.05, 0.1) is 11.6 Å². The number of carboxylic acid groups (broad SMARTS) is 1. The molecule has 4 nitrogen and oxygen atoms in total. The number of hydrogen-bond donors (Lipinski definition) is 3. The molecule has 1 aromatic heterocycles. The topological polar surface area (TPSA) is 65.1 Å². The van der Waals surface area contributed by atoms with Crippen molar-refractivity contribution in [1.29, 1.82) is 0 Å². The van der Waals surface area contributed by atoms with Crippen molar-refractivity contribution in [2.24, 2.45) is 0 Å². The van der Waals surface area contributed by atoms with Crippen LogP contribution in [0.5, 0.6) is 0 Å². The first-order valence-corrected chi connectivity index (χ1v) is 5.36. The summed E-state index contributed by atoms with van der Waals surface area (Å²) in [5.41, 5.74) is 2.24. The zero-order chi connectivity index (χ0) is 12.3. The second kappa shape index (κ2) is 4.84. The van der Waals surface area contributed by atoms with Gasteiger partial charge >= 0.3 is 5.97 Å². The van der Waals surface area contributed by atoms with Crippen LogP contribution >= 0.6 is 0 Å². The zero-order valence-corrected chi connectivity index (χ0v) is 9.47. The molecule has 1 unspecified atom stereocenters. The Hall–Kier alpha value is -2.07. The van der Waals surface area contributed by atoms with Gasteiger partial charge in [0.2, 0.25) is 0 Å². The number of carboxylic acids is 1. The first-order valence-electron chi connectivity index (χ1n) is 5.36. The van der Waals surface area contributed by atoms with Gasteiger partial charge in [-0.1, -0.05) is 12.1 Å². The van der Waals surface area contributed by atoms with Gasteiger partial charge in [0.1, 0.15) is 0 Å². The van der Waals surface area contributed by atoms with Gasteiger partial charge in [0.15, 0.2) is 0 Å². The first kappa shape index (κ1) is 11.4. The Morgan fingerprint density at radius 1 is 1.35 bits per heavy atom. The minimum atomic E-state index is -0.909. The monoisotopic (exact) mass is 230 g/mol. The van der Waals surface area contributed by atoms with Crippen molar-refractivity contribution in [3.63, 3.8) is 0 Å². The second-order valence-electron chi connectivity index (χ2n) is 3.78. The normalized spacial score (nSPS) is 12.3. The summed E-state index contributed by atoms with van der Waals surface area (Å²) in [5.74, 6) is -0.909. The van der Waals surface area contributed by atoms with Crippen molar-refractivity contribution in [3.8, 4) is 0 Å². The lowest BCUT2D eigenvalue weighted by molar-refractivity contribution is 0.0696. The van der Waals surface area contributed by atoms with Crippen LogP contribution in [0.1, 0.15) is 27.7 Å². The van der Waals surface area contributed by atoms with Gasteiger partial charge in [0, 0.05) is 11.9 Å². The van der Waals surface area contributed by atoms with Crippen molar-refractivity contribution < 1.29 is 9.90 Å². The maximum absolute atomic E-state index is 10.9. The van der Waals surface area contributed by atoms with Crippen molar-refractivity contribution in [3.05, 3.63) is 59.4 Å². The number of hydrogen-bond acceptors (Lipinski definition) is 2. The summed E-state index contributed by atoms with van der Waals surface area (Å²) in [6.07, 6.45) is 1.85. The number of nitrogens with one attached hydrogen (secondary N) is 2. The molecule has 0 fully saturated rings. The maximum Gasteiger partial charge on any atom is 0.335 e. The number of carbonyl (C=O) groups is 1. The largest absolute Gasteiger partial charge is 0.478 e. The van der Waals surface area contributed by atoms with E-state index in [-0.39, 0.29) is 6.04 Å². The molecule has 2 rings (SSSR count). The van der Waals surface area contributed by atoms with Gasteiger partial charge in [-0.3, -0.25) is 0 Å². The summed E-state index contributed by atoms with van der Waals surface area (Å²) in [7, 11) is 1.85. The summed E-state index contributed by atoms with van der Waals surface area (Å²) in [5, 5.41) is 12.1. The minimum Gasteiger partial charge on any atom is -0.478 e. The molecule has 0 radical (unpaired) electrons. The highest BCUT2D eigenvalue weighted by atomic mass is 16.4. The van der Waals surface area contributed by atoms with Crippen LogP contribution in [-0.2, 0) is 0 Å². The van der Waals surface area contributed by atoms with Gasteiger partial charge in [-0.15, -0.1) is 0 Å². The van der Waals surface area contributed by atoms with Gasteiger partial charge in [-0.2, -0.15) is 0 Å². The van der Waals surface area contributed by atoms with E-state index in [2.05, 4.69) is 10.3 Å². The number of aromatic nitrogens is 1. The maximum atomic E-state index is 10.9. The standard InChI is InChI=1S/C13H14N2O2/c1-14-12(11-6-3-7-15-11)9-4-2-5-10(8-9)13(16)17/h2-8,12,14-15H,1H3,(H,16,17). The fourth-order valence-corrected chi connectivity index (χ4v) is 1.88. The molecule has 0 bridgehead atoms. The predicted molar refractivity (Wildman–Crippen MR) is 65.1 cm³/mol. The Balaban J connectivity index is 2.38. The molecule has 1 aromatic carbocycles. The van der Waals surface area contributed by atoms with Crippen molar-refractivity contribution >= 4 is 5.97 Å². The van der Waals surface area contributed by atoms with E-state index in [1.807, 2.05) is 31.4 Å². The van der Waals surface area contributed by atoms with Crippen LogP contribution in [0.3, 0.4) is 0 Å². The Morgan fingerprint density at radius 3 is 2.76 bits per heavy atom. The molecule has 2 aromatic rings. The molecule has 0 amide bonds. The molecule has 17 heavy (non-hydrogen) atoms. The minimum absolute atomic E-state index is 0.0238. The van der Waals surface area contributed by atoms with Crippen molar-refractivity contribution in [1.82, 2.24) is 10.3 Å². The van der Waals surface area contributed by atoms with Crippen LogP contribution in [0.2, 0.25) is 0 Å². The van der Waals surface area contributed by atoms with E-state index < -0.39 is 5.97 Å². The highest BCUT2D eigenvalue weighted by Crippen LogP contribution is 2.21. The van der Waals surface area contributed by atoms with E-state index in [4.69, 9.17) is 5.11 Å². The van der Waals surface area contributed by atoms with Crippen LogP contribution in [0.4, 0.5) is 0 Å². The lowest BCUT2D eigenvalue weighted by Gasteiger charge is -2.15. The molecule has 0 aliphatic heterocycles. The summed E-state index contributed by atoms with van der Waals surface area (Å²) in [4.78, 5) is 14.0. The Labute approximate surface area is 99.3 Å². The van der Waals surface area contributed by atoms with E-state index in [1.54, 1.807) is 18.2 Å². The Morgan fingerprint density at radius 2 is 2.18 bits per heavy atom. The average Bonchev–Trinajstić information content (AvgIpc) is 2.84. The molecule has 0 saturated heterocycles. The first-order chi connectivity index (χ1) is 8.22. The van der Waals surface area contributed by atoms with Crippen molar-refractivity contribution in [2.45, 2.75) is 6.04 Å². The van der Waals surface area contributed by atoms with E-state index in [1.165, 1.54) is 0 Å². The number of H-pyrrole nitrogens is 1. The molecule has 3 N–H and O–H groups in total. The van der Waals surface area contributed by atoms with Gasteiger partial charge in [0.25, 0.3) is 0 Å². The fourth-order valence-electron chi connectivity index (χ4n) is 1.88. The Kier molecular flexibility index (Phi) is 3.25. The molecule has 0 spiro atoms. The number of aromatic amines is 1. The van der Waals surface area contributed by atoms with Crippen LogP contribution in [-0.4, -0.2) is 23.1 Å². The smallest absolute Gasteiger partial charge is 0.335 e. The molecule has 0 saturated carbocycles. The third kappa shape index (κ3) is 2.37. The van der Waals surface area contributed by atoms with Crippen LogP contribution in [0, 0.1) is 0 Å². The molecule has 1 heterocycles. The van der Waals surface area contributed by atoms with E-state index >= 15 is 0 Å². The number of benzene rings is 1. The van der Waals surface area contributed by atoms with E-state index in [9.17, 15) is 4.79 Å². The van der Waals surface area contributed by atoms with Crippen molar-refractivity contribution in [2.75, 3.05) is 7.05 Å². The highest BCUT2D eigenvalue weighted by molar-refractivity contribution is 5.87. The van der Waals surface area contributed by atoms with Gasteiger partial charge in [-0.05, 0) is 36.9 Å². The zero-order valence-electron chi connectivity index (χ0n) is 9.47. The molecule has 88 valence electrons. The predicted octanol–water partition coefficient (Wildman–Crippen LogP) is 2.02. The molecular formula is C13H14N2O2. The lowest BCUT2D eigenvalue weighted by atomic mass is 10.0. The Bertz CT molecular complexity index is 506. The average molecular weight is 230 g/mol. The summed E-state index contributed by atoms with van der Waals surface area (Å²) >= 11 is 0. The molecule has 1 atom stereocenters. The quantitative estimate of drug-likeness (QED) is 0.752. The second-order valence-corrected chi connectivity index (χ2v) is 3.78. The number of aromatic carboxylic acids is 1. The fraction of sp³-hybridized carbons (Fsp3) is 0.154. The van der Waals surface area contributed by atoms with E-state index in [0.29, 0.717) is 5.56 Å². The molecule has 4 heteroatoms. The molecule has 0 aliphatic rings.